The smallest absolute Gasteiger partial charge is 0.159 e. The Morgan fingerprint density at radius 3 is 2.55 bits per heavy atom. The van der Waals surface area contributed by atoms with Crippen molar-refractivity contribution in [3.63, 3.8) is 0 Å². The van der Waals surface area contributed by atoms with Crippen molar-refractivity contribution in [2.24, 2.45) is 0 Å². The van der Waals surface area contributed by atoms with Crippen molar-refractivity contribution < 1.29 is 13.9 Å². The number of aliphatic hydroxyl groups excluding tert-OH is 1. The predicted molar refractivity (Wildman–Crippen MR) is 80.1 cm³/mol. The average molecular weight is 303 g/mol. The monoisotopic (exact) mass is 303 g/mol. The van der Waals surface area contributed by atoms with Crippen LogP contribution in [0, 0.1) is 11.6 Å². The molecule has 0 amide bonds. The van der Waals surface area contributed by atoms with E-state index in [2.05, 4.69) is 5.32 Å². The highest BCUT2D eigenvalue weighted by molar-refractivity contribution is 7.99. The van der Waals surface area contributed by atoms with Gasteiger partial charge in [-0.3, -0.25) is 0 Å². The molecule has 0 spiro atoms. The van der Waals surface area contributed by atoms with Gasteiger partial charge in [0.25, 0.3) is 0 Å². The highest BCUT2D eigenvalue weighted by Crippen LogP contribution is 2.23. The van der Waals surface area contributed by atoms with E-state index in [9.17, 15) is 13.9 Å². The molecule has 114 valence electrons. The lowest BCUT2D eigenvalue weighted by Gasteiger charge is -2.31. The number of hydrogen-bond donors (Lipinski definition) is 2. The third-order valence-corrected chi connectivity index (χ3v) is 4.10. The molecule has 5 heteroatoms. The molecule has 0 fully saturated rings. The maximum Gasteiger partial charge on any atom is 0.159 e. The Bertz CT molecular complexity index is 428. The van der Waals surface area contributed by atoms with Gasteiger partial charge >= 0.3 is 0 Å². The zero-order valence-electron chi connectivity index (χ0n) is 12.2. The summed E-state index contributed by atoms with van der Waals surface area (Å²) in [5.41, 5.74) is -0.289. The molecule has 0 bridgehead atoms. The van der Waals surface area contributed by atoms with Crippen molar-refractivity contribution >= 4 is 11.8 Å². The van der Waals surface area contributed by atoms with E-state index in [1.807, 2.05) is 20.8 Å². The van der Waals surface area contributed by atoms with Gasteiger partial charge in [-0.15, -0.1) is 11.8 Å². The number of rotatable bonds is 8. The molecule has 0 aliphatic rings. The molecule has 0 aliphatic heterocycles. The second-order valence-corrected chi connectivity index (χ2v) is 6.71. The maximum atomic E-state index is 13.0. The van der Waals surface area contributed by atoms with Crippen LogP contribution in [0.3, 0.4) is 0 Å². The van der Waals surface area contributed by atoms with Gasteiger partial charge in [-0.1, -0.05) is 13.8 Å². The summed E-state index contributed by atoms with van der Waals surface area (Å²) < 4.78 is 25.8. The van der Waals surface area contributed by atoms with Crippen molar-refractivity contribution in [3.8, 4) is 0 Å². The standard InChI is InChI=1S/C15H23F2NOS/c1-11(2)18-15(3,10-19)7-4-8-20-12-5-6-13(16)14(17)9-12/h5-6,9,11,18-19H,4,7-8,10H2,1-3H3. The number of halogens is 2. The molecule has 1 rings (SSSR count). The van der Waals surface area contributed by atoms with E-state index in [1.165, 1.54) is 17.8 Å². The van der Waals surface area contributed by atoms with E-state index in [0.717, 1.165) is 29.6 Å². The van der Waals surface area contributed by atoms with Crippen LogP contribution in [-0.2, 0) is 0 Å². The Hall–Kier alpha value is -0.650. The van der Waals surface area contributed by atoms with Crippen molar-refractivity contribution in [1.29, 1.82) is 0 Å². The quantitative estimate of drug-likeness (QED) is 0.568. The zero-order valence-corrected chi connectivity index (χ0v) is 13.1. The van der Waals surface area contributed by atoms with Crippen LogP contribution in [0.25, 0.3) is 0 Å². The molecule has 0 aromatic heterocycles. The van der Waals surface area contributed by atoms with Crippen LogP contribution >= 0.6 is 11.8 Å². The Labute approximate surface area is 124 Å². The largest absolute Gasteiger partial charge is 0.394 e. The van der Waals surface area contributed by atoms with Crippen LogP contribution < -0.4 is 5.32 Å². The average Bonchev–Trinajstić information content (AvgIpc) is 2.38. The summed E-state index contributed by atoms with van der Waals surface area (Å²) in [6.07, 6.45) is 1.72. The summed E-state index contributed by atoms with van der Waals surface area (Å²) in [5.74, 6) is -0.819. The predicted octanol–water partition coefficient (Wildman–Crippen LogP) is 3.59. The molecule has 1 aromatic carbocycles. The first-order valence-electron chi connectivity index (χ1n) is 6.83. The molecule has 1 atom stereocenters. The highest BCUT2D eigenvalue weighted by atomic mass is 32.2. The molecule has 2 nitrogen and oxygen atoms in total. The number of thioether (sulfide) groups is 1. The van der Waals surface area contributed by atoms with Gasteiger partial charge in [0.15, 0.2) is 11.6 Å². The fourth-order valence-electron chi connectivity index (χ4n) is 2.11. The second kappa shape index (κ2) is 7.96. The van der Waals surface area contributed by atoms with Crippen LogP contribution in [-0.4, -0.2) is 29.0 Å². The van der Waals surface area contributed by atoms with Crippen molar-refractivity contribution in [2.45, 2.75) is 50.1 Å². The summed E-state index contributed by atoms with van der Waals surface area (Å²) in [5, 5.41) is 12.8. The summed E-state index contributed by atoms with van der Waals surface area (Å²) in [6, 6.07) is 4.26. The molecular weight excluding hydrogens is 280 g/mol. The highest BCUT2D eigenvalue weighted by Gasteiger charge is 2.23. The van der Waals surface area contributed by atoms with Crippen molar-refractivity contribution in [3.05, 3.63) is 29.8 Å². The Morgan fingerprint density at radius 2 is 2.00 bits per heavy atom. The maximum absolute atomic E-state index is 13.0. The van der Waals surface area contributed by atoms with E-state index in [4.69, 9.17) is 0 Å². The Balaban J connectivity index is 2.38. The minimum absolute atomic E-state index is 0.0843. The summed E-state index contributed by atoms with van der Waals surface area (Å²) in [4.78, 5) is 0.728. The fraction of sp³-hybridized carbons (Fsp3) is 0.600. The third-order valence-electron chi connectivity index (χ3n) is 3.02. The zero-order chi connectivity index (χ0) is 15.2. The van der Waals surface area contributed by atoms with Crippen molar-refractivity contribution in [1.82, 2.24) is 5.32 Å². The van der Waals surface area contributed by atoms with Gasteiger partial charge in [0.05, 0.1) is 6.61 Å². The summed E-state index contributed by atoms with van der Waals surface area (Å²) in [7, 11) is 0. The normalized spacial score (nSPS) is 14.6. The molecule has 0 saturated carbocycles. The summed E-state index contributed by atoms with van der Waals surface area (Å²) in [6.45, 7) is 6.17. The van der Waals surface area contributed by atoms with E-state index < -0.39 is 11.6 Å². The fourth-order valence-corrected chi connectivity index (χ4v) is 2.99. The van der Waals surface area contributed by atoms with Gasteiger partial charge < -0.3 is 10.4 Å². The first-order valence-corrected chi connectivity index (χ1v) is 7.81. The second-order valence-electron chi connectivity index (χ2n) is 5.55. The lowest BCUT2D eigenvalue weighted by atomic mass is 9.96. The topological polar surface area (TPSA) is 32.3 Å². The first kappa shape index (κ1) is 17.4. The van der Waals surface area contributed by atoms with Gasteiger partial charge in [-0.2, -0.15) is 0 Å². The van der Waals surface area contributed by atoms with E-state index in [0.29, 0.717) is 6.04 Å². The summed E-state index contributed by atoms with van der Waals surface area (Å²) >= 11 is 1.50. The van der Waals surface area contributed by atoms with Crippen LogP contribution in [0.2, 0.25) is 0 Å². The van der Waals surface area contributed by atoms with E-state index in [1.54, 1.807) is 6.07 Å². The third kappa shape index (κ3) is 5.77. The van der Waals surface area contributed by atoms with Gasteiger partial charge in [0, 0.05) is 16.5 Å². The lowest BCUT2D eigenvalue weighted by molar-refractivity contribution is 0.156. The number of nitrogens with one attached hydrogen (secondary N) is 1. The lowest BCUT2D eigenvalue weighted by Crippen LogP contribution is -2.49. The first-order chi connectivity index (χ1) is 9.36. The van der Waals surface area contributed by atoms with Gasteiger partial charge in [-0.25, -0.2) is 8.78 Å². The molecule has 0 radical (unpaired) electrons. The van der Waals surface area contributed by atoms with Crippen LogP contribution in [0.15, 0.2) is 23.1 Å². The van der Waals surface area contributed by atoms with Gasteiger partial charge in [0.2, 0.25) is 0 Å². The SMILES string of the molecule is CC(C)NC(C)(CO)CCCSc1ccc(F)c(F)c1. The molecule has 1 aromatic rings. The van der Waals surface area contributed by atoms with Crippen molar-refractivity contribution in [2.75, 3.05) is 12.4 Å². The molecule has 20 heavy (non-hydrogen) atoms. The number of aliphatic hydroxyl groups is 1. The number of benzene rings is 1. The molecule has 0 aliphatic carbocycles. The van der Waals surface area contributed by atoms with Crippen LogP contribution in [0.1, 0.15) is 33.6 Å². The molecule has 0 heterocycles. The molecular formula is C15H23F2NOS. The number of hydrogen-bond acceptors (Lipinski definition) is 3. The van der Waals surface area contributed by atoms with E-state index >= 15 is 0 Å². The van der Waals surface area contributed by atoms with Crippen LogP contribution in [0.4, 0.5) is 8.78 Å². The van der Waals surface area contributed by atoms with Crippen LogP contribution in [0.5, 0.6) is 0 Å². The molecule has 0 saturated heterocycles. The molecule has 2 N–H and O–H groups in total. The Morgan fingerprint density at radius 1 is 1.30 bits per heavy atom. The van der Waals surface area contributed by atoms with E-state index in [-0.39, 0.29) is 12.1 Å². The van der Waals surface area contributed by atoms with Gasteiger partial charge in [-0.05, 0) is 43.7 Å². The minimum atomic E-state index is -0.816. The Kier molecular flexibility index (Phi) is 6.92. The van der Waals surface area contributed by atoms with Gasteiger partial charge in [0.1, 0.15) is 0 Å². The molecule has 1 unspecified atom stereocenters. The minimum Gasteiger partial charge on any atom is -0.394 e.